The van der Waals surface area contributed by atoms with Gasteiger partial charge >= 0.3 is 0 Å². The molecular formula is C15H25BrClNOSi. The molecule has 0 spiro atoms. The highest BCUT2D eigenvalue weighted by Crippen LogP contribution is 2.43. The van der Waals surface area contributed by atoms with Crippen molar-refractivity contribution >= 4 is 35.8 Å². The zero-order valence-electron chi connectivity index (χ0n) is 13.2. The molecule has 114 valence electrons. The van der Waals surface area contributed by atoms with E-state index in [0.29, 0.717) is 28.3 Å². The van der Waals surface area contributed by atoms with Crippen LogP contribution in [-0.2, 0) is 11.0 Å². The van der Waals surface area contributed by atoms with E-state index in [0.717, 1.165) is 10.2 Å². The number of rotatable bonds is 6. The van der Waals surface area contributed by atoms with Crippen LogP contribution in [0.2, 0.25) is 21.6 Å². The molecule has 0 radical (unpaired) electrons. The lowest BCUT2D eigenvalue weighted by Crippen LogP contribution is -2.47. The number of pyridine rings is 1. The van der Waals surface area contributed by atoms with Gasteiger partial charge in [0.2, 0.25) is 8.32 Å². The molecule has 0 fully saturated rings. The van der Waals surface area contributed by atoms with E-state index in [1.54, 1.807) is 6.20 Å². The molecule has 0 aliphatic carbocycles. The van der Waals surface area contributed by atoms with Crippen LogP contribution >= 0.6 is 27.5 Å². The van der Waals surface area contributed by atoms with Crippen molar-refractivity contribution in [2.45, 2.75) is 64.8 Å². The Morgan fingerprint density at radius 2 is 1.65 bits per heavy atom. The van der Waals surface area contributed by atoms with Gasteiger partial charge in [0, 0.05) is 11.8 Å². The van der Waals surface area contributed by atoms with Crippen LogP contribution in [0.4, 0.5) is 0 Å². The predicted octanol–water partition coefficient (Wildman–Crippen LogP) is 6.19. The average molecular weight is 379 g/mol. The van der Waals surface area contributed by atoms with Gasteiger partial charge in [-0.1, -0.05) is 53.1 Å². The summed E-state index contributed by atoms with van der Waals surface area (Å²) in [4.78, 5) is 4.23. The van der Waals surface area contributed by atoms with E-state index in [4.69, 9.17) is 16.0 Å². The molecule has 1 heterocycles. The first-order valence-electron chi connectivity index (χ1n) is 7.15. The lowest BCUT2D eigenvalue weighted by atomic mass is 10.3. The highest BCUT2D eigenvalue weighted by atomic mass is 79.9. The Hall–Kier alpha value is 0.0969. The smallest absolute Gasteiger partial charge is 0.200 e. The van der Waals surface area contributed by atoms with Gasteiger partial charge in [-0.15, -0.1) is 0 Å². The van der Waals surface area contributed by atoms with Crippen molar-refractivity contribution in [2.75, 3.05) is 0 Å². The monoisotopic (exact) mass is 377 g/mol. The summed E-state index contributed by atoms with van der Waals surface area (Å²) in [6.07, 6.45) is 1.65. The van der Waals surface area contributed by atoms with Crippen molar-refractivity contribution in [3.63, 3.8) is 0 Å². The van der Waals surface area contributed by atoms with Gasteiger partial charge in [0.1, 0.15) is 4.60 Å². The van der Waals surface area contributed by atoms with E-state index in [-0.39, 0.29) is 0 Å². The van der Waals surface area contributed by atoms with Gasteiger partial charge < -0.3 is 4.43 Å². The first-order valence-corrected chi connectivity index (χ1v) is 10.5. The van der Waals surface area contributed by atoms with Crippen LogP contribution in [-0.4, -0.2) is 13.3 Å². The molecule has 0 unspecified atom stereocenters. The van der Waals surface area contributed by atoms with E-state index in [1.165, 1.54) is 0 Å². The Balaban J connectivity index is 3.00. The van der Waals surface area contributed by atoms with Crippen LogP contribution in [0.3, 0.4) is 0 Å². The fourth-order valence-electron chi connectivity index (χ4n) is 3.27. The molecule has 0 atom stereocenters. The Morgan fingerprint density at radius 3 is 2.10 bits per heavy atom. The van der Waals surface area contributed by atoms with E-state index in [9.17, 15) is 0 Å². The Labute approximate surface area is 137 Å². The quantitative estimate of drug-likeness (QED) is 0.435. The molecule has 0 saturated carbocycles. The summed E-state index contributed by atoms with van der Waals surface area (Å²) >= 11 is 9.50. The van der Waals surface area contributed by atoms with Crippen LogP contribution in [0, 0.1) is 0 Å². The van der Waals surface area contributed by atoms with Crippen LogP contribution in [0.25, 0.3) is 0 Å². The second-order valence-electron chi connectivity index (χ2n) is 6.21. The standard InChI is InChI=1S/C15H25BrClNOSi/c1-10(2)20(11(3)4,12(5)6)19-9-13-7-14(17)8-18-15(13)16/h7-8,10-12H,9H2,1-6H3. The molecule has 0 saturated heterocycles. The number of nitrogens with zero attached hydrogens (tertiary/aromatic N) is 1. The van der Waals surface area contributed by atoms with Gasteiger partial charge in [0.05, 0.1) is 11.6 Å². The summed E-state index contributed by atoms with van der Waals surface area (Å²) in [7, 11) is -1.84. The lowest BCUT2D eigenvalue weighted by molar-refractivity contribution is 0.265. The van der Waals surface area contributed by atoms with Crippen molar-refractivity contribution in [2.24, 2.45) is 0 Å². The Morgan fingerprint density at radius 1 is 1.15 bits per heavy atom. The number of hydrogen-bond donors (Lipinski definition) is 0. The summed E-state index contributed by atoms with van der Waals surface area (Å²) in [6.45, 7) is 14.3. The average Bonchev–Trinajstić information content (AvgIpc) is 2.32. The molecule has 1 aromatic rings. The fraction of sp³-hybridized carbons (Fsp3) is 0.667. The van der Waals surface area contributed by atoms with Crippen molar-refractivity contribution < 1.29 is 4.43 Å². The van der Waals surface area contributed by atoms with E-state index in [1.807, 2.05) is 6.07 Å². The SMILES string of the molecule is CC(C)[Si](OCc1cc(Cl)cnc1Br)(C(C)C)C(C)C. The highest BCUT2D eigenvalue weighted by molar-refractivity contribution is 9.10. The predicted molar refractivity (Wildman–Crippen MR) is 92.8 cm³/mol. The van der Waals surface area contributed by atoms with Gasteiger partial charge in [0.25, 0.3) is 0 Å². The third-order valence-electron chi connectivity index (χ3n) is 4.06. The molecule has 1 rings (SSSR count). The van der Waals surface area contributed by atoms with Crippen molar-refractivity contribution in [3.8, 4) is 0 Å². The van der Waals surface area contributed by atoms with Crippen LogP contribution in [0.15, 0.2) is 16.9 Å². The summed E-state index contributed by atoms with van der Waals surface area (Å²) < 4.78 is 7.37. The highest BCUT2D eigenvalue weighted by Gasteiger charge is 2.45. The maximum Gasteiger partial charge on any atom is 0.200 e. The van der Waals surface area contributed by atoms with Crippen molar-refractivity contribution in [1.82, 2.24) is 4.98 Å². The first kappa shape index (κ1) is 18.1. The largest absolute Gasteiger partial charge is 0.412 e. The molecule has 0 amide bonds. The first-order chi connectivity index (χ1) is 9.21. The van der Waals surface area contributed by atoms with Crippen molar-refractivity contribution in [1.29, 1.82) is 0 Å². The Kier molecular flexibility index (Phi) is 6.70. The van der Waals surface area contributed by atoms with E-state index < -0.39 is 8.32 Å². The number of hydrogen-bond acceptors (Lipinski definition) is 2. The van der Waals surface area contributed by atoms with Crippen LogP contribution in [0.5, 0.6) is 0 Å². The van der Waals surface area contributed by atoms with Gasteiger partial charge in [0.15, 0.2) is 0 Å². The second kappa shape index (κ2) is 7.39. The van der Waals surface area contributed by atoms with Gasteiger partial charge in [-0.2, -0.15) is 0 Å². The van der Waals surface area contributed by atoms with Gasteiger partial charge in [-0.05, 0) is 38.6 Å². The lowest BCUT2D eigenvalue weighted by Gasteiger charge is -2.42. The Bertz CT molecular complexity index is 430. The van der Waals surface area contributed by atoms with Crippen LogP contribution in [0.1, 0.15) is 47.1 Å². The summed E-state index contributed by atoms with van der Waals surface area (Å²) in [6, 6.07) is 1.93. The molecular weight excluding hydrogens is 354 g/mol. The summed E-state index contributed by atoms with van der Waals surface area (Å²) in [5, 5.41) is 0.651. The number of aromatic nitrogens is 1. The van der Waals surface area contributed by atoms with E-state index in [2.05, 4.69) is 62.5 Å². The minimum atomic E-state index is -1.84. The molecule has 0 aliphatic rings. The normalized spacial score (nSPS) is 12.8. The third-order valence-corrected chi connectivity index (χ3v) is 11.0. The molecule has 20 heavy (non-hydrogen) atoms. The van der Waals surface area contributed by atoms with E-state index >= 15 is 0 Å². The molecule has 1 aromatic heterocycles. The maximum atomic E-state index is 6.55. The molecule has 2 nitrogen and oxygen atoms in total. The molecule has 0 aliphatic heterocycles. The van der Waals surface area contributed by atoms with Crippen molar-refractivity contribution in [3.05, 3.63) is 27.5 Å². The minimum absolute atomic E-state index is 0.577. The fourth-order valence-corrected chi connectivity index (χ4v) is 9.19. The molecule has 0 bridgehead atoms. The zero-order valence-corrected chi connectivity index (χ0v) is 16.5. The number of halogens is 2. The summed E-state index contributed by atoms with van der Waals surface area (Å²) in [5.74, 6) is 0. The molecule has 0 N–H and O–H groups in total. The minimum Gasteiger partial charge on any atom is -0.412 e. The topological polar surface area (TPSA) is 22.1 Å². The molecule has 5 heteroatoms. The maximum absolute atomic E-state index is 6.55. The van der Waals surface area contributed by atoms with Crippen LogP contribution < -0.4 is 0 Å². The third kappa shape index (κ3) is 3.84. The summed E-state index contributed by atoms with van der Waals surface area (Å²) in [5.41, 5.74) is 2.76. The van der Waals surface area contributed by atoms with Gasteiger partial charge in [-0.3, -0.25) is 0 Å². The molecule has 0 aromatic carbocycles. The van der Waals surface area contributed by atoms with Gasteiger partial charge in [-0.25, -0.2) is 4.98 Å². The zero-order chi connectivity index (χ0) is 15.5. The second-order valence-corrected chi connectivity index (χ2v) is 12.9.